The SMILES string of the molecule is CCc1sc(C(=O)NCC(c2ccccc2)N2CCCC2)cc1C. The maximum absolute atomic E-state index is 12.6. The molecule has 3 nitrogen and oxygen atoms in total. The molecule has 1 aromatic carbocycles. The van der Waals surface area contributed by atoms with Crippen LogP contribution >= 0.6 is 11.3 Å². The molecule has 1 saturated heterocycles. The van der Waals surface area contributed by atoms with Crippen molar-refractivity contribution in [3.63, 3.8) is 0 Å². The average Bonchev–Trinajstić information content (AvgIpc) is 3.25. The molecule has 2 heterocycles. The number of amides is 1. The van der Waals surface area contributed by atoms with Crippen LogP contribution in [-0.4, -0.2) is 30.4 Å². The Balaban J connectivity index is 1.69. The van der Waals surface area contributed by atoms with E-state index in [2.05, 4.69) is 48.3 Å². The molecule has 1 unspecified atom stereocenters. The Hall–Kier alpha value is -1.65. The van der Waals surface area contributed by atoms with Gasteiger partial charge in [-0.1, -0.05) is 37.3 Å². The van der Waals surface area contributed by atoms with Crippen molar-refractivity contribution in [1.82, 2.24) is 10.2 Å². The van der Waals surface area contributed by atoms with Crippen LogP contribution in [0.4, 0.5) is 0 Å². The van der Waals surface area contributed by atoms with Gasteiger partial charge in [0.25, 0.3) is 5.91 Å². The number of carbonyl (C=O) groups excluding carboxylic acids is 1. The summed E-state index contributed by atoms with van der Waals surface area (Å²) < 4.78 is 0. The van der Waals surface area contributed by atoms with Gasteiger partial charge in [0.2, 0.25) is 0 Å². The lowest BCUT2D eigenvalue weighted by Crippen LogP contribution is -2.36. The normalized spacial score (nSPS) is 16.2. The van der Waals surface area contributed by atoms with Crippen LogP contribution in [0.1, 0.15) is 51.5 Å². The second-order valence-electron chi connectivity index (χ2n) is 6.45. The van der Waals surface area contributed by atoms with E-state index in [4.69, 9.17) is 0 Å². The highest BCUT2D eigenvalue weighted by atomic mass is 32.1. The van der Waals surface area contributed by atoms with E-state index in [-0.39, 0.29) is 11.9 Å². The zero-order valence-electron chi connectivity index (χ0n) is 14.5. The fourth-order valence-electron chi connectivity index (χ4n) is 3.45. The number of carbonyl (C=O) groups is 1. The van der Waals surface area contributed by atoms with Gasteiger partial charge in [-0.2, -0.15) is 0 Å². The Bertz CT molecular complexity index is 674. The van der Waals surface area contributed by atoms with Gasteiger partial charge in [0.15, 0.2) is 0 Å². The molecular formula is C20H26N2OS. The first-order valence-electron chi connectivity index (χ1n) is 8.85. The molecular weight excluding hydrogens is 316 g/mol. The van der Waals surface area contributed by atoms with Crippen molar-refractivity contribution in [3.8, 4) is 0 Å². The number of aryl methyl sites for hydroxylation is 2. The smallest absolute Gasteiger partial charge is 0.261 e. The standard InChI is InChI=1S/C20H26N2OS/c1-3-18-15(2)13-19(24-18)20(23)21-14-17(22-11-7-8-12-22)16-9-5-4-6-10-16/h4-6,9-10,13,17H,3,7-8,11-12,14H2,1-2H3,(H,21,23). The summed E-state index contributed by atoms with van der Waals surface area (Å²) in [5.41, 5.74) is 2.52. The van der Waals surface area contributed by atoms with Gasteiger partial charge in [-0.05, 0) is 56.5 Å². The minimum atomic E-state index is 0.0583. The summed E-state index contributed by atoms with van der Waals surface area (Å²) in [6.45, 7) is 7.13. The minimum absolute atomic E-state index is 0.0583. The zero-order valence-corrected chi connectivity index (χ0v) is 15.4. The van der Waals surface area contributed by atoms with Gasteiger partial charge in [0, 0.05) is 11.4 Å². The van der Waals surface area contributed by atoms with Crippen LogP contribution in [0, 0.1) is 6.92 Å². The number of hydrogen-bond donors (Lipinski definition) is 1. The van der Waals surface area contributed by atoms with Gasteiger partial charge in [-0.3, -0.25) is 9.69 Å². The van der Waals surface area contributed by atoms with E-state index in [1.165, 1.54) is 28.8 Å². The Morgan fingerprint density at radius 3 is 2.58 bits per heavy atom. The number of nitrogens with one attached hydrogen (secondary N) is 1. The molecule has 2 aromatic rings. The van der Waals surface area contributed by atoms with Gasteiger partial charge in [0.1, 0.15) is 0 Å². The molecule has 0 radical (unpaired) electrons. The Morgan fingerprint density at radius 1 is 1.25 bits per heavy atom. The number of rotatable bonds is 6. The third-order valence-electron chi connectivity index (χ3n) is 4.79. The lowest BCUT2D eigenvalue weighted by molar-refractivity contribution is 0.0942. The second-order valence-corrected chi connectivity index (χ2v) is 7.59. The van der Waals surface area contributed by atoms with Crippen molar-refractivity contribution < 1.29 is 4.79 Å². The Kier molecular flexibility index (Phi) is 5.69. The van der Waals surface area contributed by atoms with Crippen molar-refractivity contribution in [3.05, 3.63) is 57.3 Å². The van der Waals surface area contributed by atoms with Crippen molar-refractivity contribution in [2.24, 2.45) is 0 Å². The van der Waals surface area contributed by atoms with Crippen LogP contribution in [0.2, 0.25) is 0 Å². The molecule has 128 valence electrons. The number of likely N-dealkylation sites (tertiary alicyclic amines) is 1. The minimum Gasteiger partial charge on any atom is -0.349 e. The molecule has 24 heavy (non-hydrogen) atoms. The van der Waals surface area contributed by atoms with Crippen LogP contribution in [0.25, 0.3) is 0 Å². The quantitative estimate of drug-likeness (QED) is 0.854. The highest BCUT2D eigenvalue weighted by molar-refractivity contribution is 7.14. The largest absolute Gasteiger partial charge is 0.349 e. The third-order valence-corrected chi connectivity index (χ3v) is 6.17. The molecule has 4 heteroatoms. The summed E-state index contributed by atoms with van der Waals surface area (Å²) in [6, 6.07) is 12.8. The maximum Gasteiger partial charge on any atom is 0.261 e. The van der Waals surface area contributed by atoms with Gasteiger partial charge in [0.05, 0.1) is 10.9 Å². The molecule has 1 N–H and O–H groups in total. The summed E-state index contributed by atoms with van der Waals surface area (Å²) in [5.74, 6) is 0.0583. The number of hydrogen-bond acceptors (Lipinski definition) is 3. The van der Waals surface area contributed by atoms with Crippen LogP contribution < -0.4 is 5.32 Å². The van der Waals surface area contributed by atoms with Gasteiger partial charge >= 0.3 is 0 Å². The molecule has 1 aliphatic heterocycles. The van der Waals surface area contributed by atoms with Crippen molar-refractivity contribution in [2.45, 2.75) is 39.2 Å². The topological polar surface area (TPSA) is 32.3 Å². The van der Waals surface area contributed by atoms with E-state index in [9.17, 15) is 4.79 Å². The summed E-state index contributed by atoms with van der Waals surface area (Å²) in [6.07, 6.45) is 3.49. The zero-order chi connectivity index (χ0) is 16.9. The van der Waals surface area contributed by atoms with Crippen LogP contribution in [0.5, 0.6) is 0 Å². The molecule has 0 aliphatic carbocycles. The molecule has 1 amide bonds. The van der Waals surface area contributed by atoms with Gasteiger partial charge < -0.3 is 5.32 Å². The molecule has 0 bridgehead atoms. The first kappa shape index (κ1) is 17.2. The molecule has 1 aliphatic rings. The first-order valence-corrected chi connectivity index (χ1v) is 9.67. The van der Waals surface area contributed by atoms with E-state index < -0.39 is 0 Å². The summed E-state index contributed by atoms with van der Waals surface area (Å²) in [5, 5.41) is 3.17. The number of benzene rings is 1. The molecule has 3 rings (SSSR count). The fraction of sp³-hybridized carbons (Fsp3) is 0.450. The van der Waals surface area contributed by atoms with Gasteiger partial charge in [-0.25, -0.2) is 0 Å². The fourth-order valence-corrected chi connectivity index (χ4v) is 4.48. The van der Waals surface area contributed by atoms with Crippen molar-refractivity contribution in [1.29, 1.82) is 0 Å². The highest BCUT2D eigenvalue weighted by Gasteiger charge is 2.24. The summed E-state index contributed by atoms with van der Waals surface area (Å²) in [4.78, 5) is 17.2. The lowest BCUT2D eigenvalue weighted by atomic mass is 10.1. The summed E-state index contributed by atoms with van der Waals surface area (Å²) in [7, 11) is 0. The maximum atomic E-state index is 12.6. The number of nitrogens with zero attached hydrogens (tertiary/aromatic N) is 1. The van der Waals surface area contributed by atoms with Crippen molar-refractivity contribution >= 4 is 17.2 Å². The van der Waals surface area contributed by atoms with E-state index >= 15 is 0 Å². The average molecular weight is 343 g/mol. The number of thiophene rings is 1. The van der Waals surface area contributed by atoms with Crippen LogP contribution in [-0.2, 0) is 6.42 Å². The second kappa shape index (κ2) is 7.95. The van der Waals surface area contributed by atoms with Crippen LogP contribution in [0.3, 0.4) is 0 Å². The van der Waals surface area contributed by atoms with Crippen LogP contribution in [0.15, 0.2) is 36.4 Å². The first-order chi connectivity index (χ1) is 11.7. The lowest BCUT2D eigenvalue weighted by Gasteiger charge is -2.28. The highest BCUT2D eigenvalue weighted by Crippen LogP contribution is 2.25. The van der Waals surface area contributed by atoms with E-state index in [1.54, 1.807) is 11.3 Å². The Labute approximate surface area is 148 Å². The molecule has 1 aromatic heterocycles. The third kappa shape index (κ3) is 3.87. The monoisotopic (exact) mass is 342 g/mol. The Morgan fingerprint density at radius 2 is 1.96 bits per heavy atom. The van der Waals surface area contributed by atoms with E-state index in [1.807, 2.05) is 12.1 Å². The summed E-state index contributed by atoms with van der Waals surface area (Å²) >= 11 is 1.62. The van der Waals surface area contributed by atoms with E-state index in [0.717, 1.165) is 24.4 Å². The van der Waals surface area contributed by atoms with E-state index in [0.29, 0.717) is 6.54 Å². The predicted octanol–water partition coefficient (Wildman–Crippen LogP) is 4.19. The predicted molar refractivity (Wildman–Crippen MR) is 101 cm³/mol. The molecule has 0 saturated carbocycles. The molecule has 0 spiro atoms. The van der Waals surface area contributed by atoms with Crippen molar-refractivity contribution in [2.75, 3.05) is 19.6 Å². The molecule has 1 atom stereocenters. The van der Waals surface area contributed by atoms with Gasteiger partial charge in [-0.15, -0.1) is 11.3 Å². The molecule has 1 fully saturated rings.